The second-order valence-electron chi connectivity index (χ2n) is 5.82. The van der Waals surface area contributed by atoms with Crippen molar-refractivity contribution in [2.45, 2.75) is 19.3 Å². The monoisotopic (exact) mass is 360 g/mol. The van der Waals surface area contributed by atoms with Crippen molar-refractivity contribution in [2.75, 3.05) is 12.3 Å². The number of furan rings is 1. The first-order valence-corrected chi connectivity index (χ1v) is 9.66. The third kappa shape index (κ3) is 4.77. The summed E-state index contributed by atoms with van der Waals surface area (Å²) in [6.45, 7) is 2.16. The van der Waals surface area contributed by atoms with Crippen LogP contribution in [0.25, 0.3) is 11.6 Å². The Balaban J connectivity index is 1.51. The Morgan fingerprint density at radius 3 is 2.72 bits per heavy atom. The highest BCUT2D eigenvalue weighted by Crippen LogP contribution is 2.16. The van der Waals surface area contributed by atoms with Crippen molar-refractivity contribution in [3.05, 3.63) is 60.1 Å². The van der Waals surface area contributed by atoms with E-state index in [2.05, 4.69) is 19.9 Å². The molecule has 3 aromatic rings. The van der Waals surface area contributed by atoms with Gasteiger partial charge in [-0.3, -0.25) is 5.10 Å². The predicted octanol–water partition coefficient (Wildman–Crippen LogP) is 2.33. The number of aromatic amines is 1. The van der Waals surface area contributed by atoms with E-state index >= 15 is 0 Å². The summed E-state index contributed by atoms with van der Waals surface area (Å²) in [7, 11) is -3.37. The summed E-state index contributed by atoms with van der Waals surface area (Å²) in [5.41, 5.74) is 1.01. The summed E-state index contributed by atoms with van der Waals surface area (Å²) in [5.74, 6) is 1.60. The Hall–Kier alpha value is -2.45. The first kappa shape index (κ1) is 17.4. The van der Waals surface area contributed by atoms with Crippen molar-refractivity contribution in [3.8, 4) is 11.6 Å². The van der Waals surface area contributed by atoms with Gasteiger partial charge in [0.2, 0.25) is 15.8 Å². The molecule has 8 heteroatoms. The zero-order valence-electron chi connectivity index (χ0n) is 13.8. The molecule has 0 aliphatic heterocycles. The molecule has 0 amide bonds. The van der Waals surface area contributed by atoms with Crippen LogP contribution in [0.4, 0.5) is 0 Å². The zero-order chi connectivity index (χ0) is 17.7. The van der Waals surface area contributed by atoms with Crippen LogP contribution >= 0.6 is 0 Å². The summed E-state index contributed by atoms with van der Waals surface area (Å²) in [6, 6.07) is 13.1. The fourth-order valence-corrected chi connectivity index (χ4v) is 3.90. The normalized spacial score (nSPS) is 13.0. The highest BCUT2D eigenvalue weighted by atomic mass is 32.2. The van der Waals surface area contributed by atoms with Gasteiger partial charge in [-0.05, 0) is 23.6 Å². The maximum absolute atomic E-state index is 12.2. The van der Waals surface area contributed by atoms with Gasteiger partial charge in [0.05, 0.1) is 12.0 Å². The number of rotatable bonds is 8. The van der Waals surface area contributed by atoms with Gasteiger partial charge < -0.3 is 4.42 Å². The van der Waals surface area contributed by atoms with Gasteiger partial charge >= 0.3 is 0 Å². The molecule has 0 unspecified atom stereocenters. The van der Waals surface area contributed by atoms with E-state index in [1.165, 1.54) is 0 Å². The van der Waals surface area contributed by atoms with Crippen LogP contribution in [-0.2, 0) is 16.4 Å². The van der Waals surface area contributed by atoms with Crippen molar-refractivity contribution in [1.29, 1.82) is 0 Å². The average molecular weight is 360 g/mol. The molecular formula is C17H20N4O3S. The lowest BCUT2D eigenvalue weighted by atomic mass is 10.0. The number of nitrogens with zero attached hydrogens (tertiary/aromatic N) is 2. The minimum absolute atomic E-state index is 0.0467. The van der Waals surface area contributed by atoms with Gasteiger partial charge in [0, 0.05) is 13.0 Å². The van der Waals surface area contributed by atoms with Gasteiger partial charge in [0.25, 0.3) is 0 Å². The van der Waals surface area contributed by atoms with Crippen molar-refractivity contribution in [2.24, 2.45) is 0 Å². The SMILES string of the molecule is C[C@@H](CS(=O)(=O)NCCc1nc(-c2ccco2)n[nH]1)c1ccccc1. The Labute approximate surface area is 146 Å². The zero-order valence-corrected chi connectivity index (χ0v) is 14.7. The molecule has 2 heterocycles. The number of H-pyrrole nitrogens is 1. The first-order valence-electron chi connectivity index (χ1n) is 8.01. The van der Waals surface area contributed by atoms with E-state index < -0.39 is 10.0 Å². The molecule has 2 aromatic heterocycles. The van der Waals surface area contributed by atoms with Crippen molar-refractivity contribution in [1.82, 2.24) is 19.9 Å². The van der Waals surface area contributed by atoms with Crippen LogP contribution in [0.1, 0.15) is 24.2 Å². The lowest BCUT2D eigenvalue weighted by Crippen LogP contribution is -2.30. The minimum Gasteiger partial charge on any atom is -0.461 e. The fraction of sp³-hybridized carbons (Fsp3) is 0.294. The first-order chi connectivity index (χ1) is 12.0. The fourth-order valence-electron chi connectivity index (χ4n) is 2.51. The van der Waals surface area contributed by atoms with Crippen LogP contribution in [-0.4, -0.2) is 35.9 Å². The number of nitrogens with one attached hydrogen (secondary N) is 2. The number of hydrogen-bond acceptors (Lipinski definition) is 5. The van der Waals surface area contributed by atoms with Gasteiger partial charge in [-0.15, -0.1) is 0 Å². The molecule has 0 saturated heterocycles. The van der Waals surface area contributed by atoms with E-state index in [4.69, 9.17) is 4.42 Å². The Morgan fingerprint density at radius 2 is 2.00 bits per heavy atom. The molecule has 3 rings (SSSR count). The van der Waals surface area contributed by atoms with Gasteiger partial charge in [-0.2, -0.15) is 5.10 Å². The highest BCUT2D eigenvalue weighted by molar-refractivity contribution is 7.89. The van der Waals surface area contributed by atoms with E-state index in [1.807, 2.05) is 37.3 Å². The van der Waals surface area contributed by atoms with Crippen LogP contribution < -0.4 is 4.72 Å². The summed E-state index contributed by atoms with van der Waals surface area (Å²) in [6.07, 6.45) is 1.97. The van der Waals surface area contributed by atoms with Gasteiger partial charge in [0.1, 0.15) is 5.82 Å². The molecule has 25 heavy (non-hydrogen) atoms. The number of benzene rings is 1. The molecule has 0 fully saturated rings. The topological polar surface area (TPSA) is 101 Å². The third-order valence-electron chi connectivity index (χ3n) is 3.80. The maximum atomic E-state index is 12.2. The van der Waals surface area contributed by atoms with E-state index in [0.717, 1.165) is 5.56 Å². The molecule has 0 aliphatic rings. The van der Waals surface area contributed by atoms with Gasteiger partial charge in [-0.25, -0.2) is 18.1 Å². The molecule has 1 atom stereocenters. The van der Waals surface area contributed by atoms with Gasteiger partial charge in [-0.1, -0.05) is 37.3 Å². The third-order valence-corrected chi connectivity index (χ3v) is 5.38. The quantitative estimate of drug-likeness (QED) is 0.642. The van der Waals surface area contributed by atoms with Crippen LogP contribution in [0.15, 0.2) is 53.1 Å². The van der Waals surface area contributed by atoms with Crippen LogP contribution in [0, 0.1) is 0 Å². The summed E-state index contributed by atoms with van der Waals surface area (Å²) in [4.78, 5) is 4.29. The standard InChI is InChI=1S/C17H20N4O3S/c1-13(14-6-3-2-4-7-14)12-25(22,23)18-10-9-16-19-17(21-20-16)15-8-5-11-24-15/h2-8,11,13,18H,9-10,12H2,1H3,(H,19,20,21)/t13-/m0/s1. The maximum Gasteiger partial charge on any atom is 0.216 e. The van der Waals surface area contributed by atoms with E-state index in [0.29, 0.717) is 23.8 Å². The minimum atomic E-state index is -3.37. The molecule has 7 nitrogen and oxygen atoms in total. The summed E-state index contributed by atoms with van der Waals surface area (Å²) in [5, 5.41) is 6.85. The van der Waals surface area contributed by atoms with Crippen molar-refractivity contribution >= 4 is 10.0 Å². The molecule has 0 bridgehead atoms. The Kier molecular flexibility index (Phi) is 5.30. The average Bonchev–Trinajstić information content (AvgIpc) is 3.26. The largest absolute Gasteiger partial charge is 0.461 e. The summed E-state index contributed by atoms with van der Waals surface area (Å²) < 4.78 is 32.3. The van der Waals surface area contributed by atoms with E-state index in [1.54, 1.807) is 18.4 Å². The van der Waals surface area contributed by atoms with Crippen LogP contribution in [0.3, 0.4) is 0 Å². The smallest absolute Gasteiger partial charge is 0.216 e. The molecular weight excluding hydrogens is 340 g/mol. The highest BCUT2D eigenvalue weighted by Gasteiger charge is 2.17. The second kappa shape index (κ2) is 7.62. The lowest BCUT2D eigenvalue weighted by Gasteiger charge is -2.12. The number of hydrogen-bond donors (Lipinski definition) is 2. The van der Waals surface area contributed by atoms with Crippen molar-refractivity contribution in [3.63, 3.8) is 0 Å². The molecule has 0 aliphatic carbocycles. The number of sulfonamides is 1. The van der Waals surface area contributed by atoms with Crippen LogP contribution in [0.2, 0.25) is 0 Å². The predicted molar refractivity (Wildman–Crippen MR) is 94.4 cm³/mol. The molecule has 2 N–H and O–H groups in total. The molecule has 1 aromatic carbocycles. The van der Waals surface area contributed by atoms with Crippen LogP contribution in [0.5, 0.6) is 0 Å². The van der Waals surface area contributed by atoms with E-state index in [-0.39, 0.29) is 18.2 Å². The molecule has 0 spiro atoms. The molecule has 132 valence electrons. The molecule has 0 saturated carbocycles. The summed E-state index contributed by atoms with van der Waals surface area (Å²) >= 11 is 0. The van der Waals surface area contributed by atoms with Gasteiger partial charge in [0.15, 0.2) is 5.76 Å². The lowest BCUT2D eigenvalue weighted by molar-refractivity contribution is 0.574. The Morgan fingerprint density at radius 1 is 1.20 bits per heavy atom. The Bertz CT molecular complexity index is 889. The number of aromatic nitrogens is 3. The second-order valence-corrected chi connectivity index (χ2v) is 7.67. The van der Waals surface area contributed by atoms with Crippen molar-refractivity contribution < 1.29 is 12.8 Å². The van der Waals surface area contributed by atoms with E-state index in [9.17, 15) is 8.42 Å². The molecule has 0 radical (unpaired) electrons.